The second-order valence-electron chi connectivity index (χ2n) is 4.86. The zero-order valence-corrected chi connectivity index (χ0v) is 21.6. The molecule has 3 nitrogen and oxygen atoms in total. The van der Waals surface area contributed by atoms with Gasteiger partial charge in [0, 0.05) is 59.2 Å². The molecule has 126 valence electrons. The Balaban J connectivity index is -0.000000405. The summed E-state index contributed by atoms with van der Waals surface area (Å²) in [6.45, 7) is 12.2. The molecule has 1 aromatic rings. The normalized spacial score (nSPS) is 10.0. The molecule has 0 bridgehead atoms. The number of benzene rings is 1. The Morgan fingerprint density at radius 3 is 1.59 bits per heavy atom. The fourth-order valence-electron chi connectivity index (χ4n) is 2.29. The molecule has 0 saturated heterocycles. The van der Waals surface area contributed by atoms with Gasteiger partial charge in [-0.15, -0.1) is 0 Å². The maximum absolute atomic E-state index is 12.2. The van der Waals surface area contributed by atoms with Crippen LogP contribution >= 0.6 is 7.92 Å². The van der Waals surface area contributed by atoms with E-state index in [2.05, 4.69) is 25.0 Å². The average Bonchev–Trinajstić information content (AvgIpc) is 2.29. The number of sulfonamides is 1. The van der Waals surface area contributed by atoms with E-state index >= 15 is 0 Å². The van der Waals surface area contributed by atoms with E-state index < -0.39 is 17.9 Å². The predicted molar refractivity (Wildman–Crippen MR) is 88.1 cm³/mol. The van der Waals surface area contributed by atoms with Gasteiger partial charge in [0.2, 0.25) is 0 Å². The van der Waals surface area contributed by atoms with Crippen LogP contribution in [0.4, 0.5) is 0 Å². The van der Waals surface area contributed by atoms with Crippen molar-refractivity contribution < 1.29 is 76.2 Å². The van der Waals surface area contributed by atoms with Gasteiger partial charge in [-0.2, -0.15) is 7.05 Å². The number of nitrogens with zero attached hydrogens (tertiary/aromatic N) is 1. The first-order valence-corrected chi connectivity index (χ1v) is 9.86. The third kappa shape index (κ3) is 6.23. The quantitative estimate of drug-likeness (QED) is 0.364. The Labute approximate surface area is 185 Å². The summed E-state index contributed by atoms with van der Waals surface area (Å²) in [6.07, 6.45) is 0. The summed E-state index contributed by atoms with van der Waals surface area (Å²) in [7, 11) is -3.03. The van der Waals surface area contributed by atoms with E-state index in [1.807, 2.05) is 20.8 Å². The standard InChI is InChI=1S/C13H21NO2PS.CH3.Ni.V.Y/c1-8-9(2)11(4)13(18(15,16)14-5)12(10(8)3)17(6)7;;;;/h1-7H3;1H3;;;/q2*-1;+2;;/p+1. The van der Waals surface area contributed by atoms with Crippen LogP contribution in [0, 0.1) is 35.1 Å². The first-order chi connectivity index (χ1) is 8.15. The molecule has 0 amide bonds. The molecule has 0 spiro atoms. The van der Waals surface area contributed by atoms with Crippen LogP contribution in [0.25, 0.3) is 4.72 Å². The van der Waals surface area contributed by atoms with Gasteiger partial charge in [-0.1, -0.05) is 0 Å². The first kappa shape index (κ1) is 31.5. The maximum atomic E-state index is 12.2. The van der Waals surface area contributed by atoms with Gasteiger partial charge in [0.25, 0.3) is 0 Å². The number of rotatable bonds is 3. The van der Waals surface area contributed by atoms with E-state index in [1.54, 1.807) is 0 Å². The monoisotopic (exact) mass is 500 g/mol. The fourth-order valence-corrected chi connectivity index (χ4v) is 6.01. The molecule has 0 unspecified atom stereocenters. The topological polar surface area (TPSA) is 48.2 Å². The molecule has 22 heavy (non-hydrogen) atoms. The minimum absolute atomic E-state index is 0. The van der Waals surface area contributed by atoms with Gasteiger partial charge in [-0.3, -0.25) is 0 Å². The van der Waals surface area contributed by atoms with Crippen molar-refractivity contribution in [3.8, 4) is 0 Å². The summed E-state index contributed by atoms with van der Waals surface area (Å²) >= 11 is 0. The van der Waals surface area contributed by atoms with Crippen LogP contribution in [-0.2, 0) is 77.8 Å². The molecular weight excluding hydrogens is 476 g/mol. The summed E-state index contributed by atoms with van der Waals surface area (Å²) < 4.78 is 28.0. The Morgan fingerprint density at radius 2 is 1.27 bits per heavy atom. The first-order valence-electron chi connectivity index (χ1n) is 5.92. The van der Waals surface area contributed by atoms with E-state index in [9.17, 15) is 8.42 Å². The van der Waals surface area contributed by atoms with Crippen LogP contribution in [-0.4, -0.2) is 28.8 Å². The van der Waals surface area contributed by atoms with Crippen molar-refractivity contribution in [2.45, 2.75) is 32.6 Å². The molecule has 8 heteroatoms. The fraction of sp³-hybridized carbons (Fsp3) is 0.500. The van der Waals surface area contributed by atoms with Gasteiger partial charge in [0.1, 0.15) is 15.3 Å². The van der Waals surface area contributed by atoms with Crippen molar-refractivity contribution in [3.63, 3.8) is 0 Å². The van der Waals surface area contributed by atoms with Crippen molar-refractivity contribution in [1.29, 1.82) is 0 Å². The molecule has 0 atom stereocenters. The van der Waals surface area contributed by atoms with Crippen LogP contribution in [0.2, 0.25) is 0 Å². The zero-order chi connectivity index (χ0) is 14.2. The molecule has 0 N–H and O–H groups in total. The van der Waals surface area contributed by atoms with Crippen molar-refractivity contribution in [1.82, 2.24) is 0 Å². The molecule has 0 heterocycles. The van der Waals surface area contributed by atoms with Crippen LogP contribution in [0.15, 0.2) is 4.90 Å². The molecule has 0 aliphatic carbocycles. The smallest absolute Gasteiger partial charge is 0.547 e. The summed E-state index contributed by atoms with van der Waals surface area (Å²) in [5.74, 6) is 0. The van der Waals surface area contributed by atoms with Gasteiger partial charge in [0.15, 0.2) is 0 Å². The van der Waals surface area contributed by atoms with Crippen LogP contribution in [0.5, 0.6) is 0 Å². The Hall–Kier alpha value is 1.74. The second kappa shape index (κ2) is 12.2. The van der Waals surface area contributed by atoms with E-state index in [0.717, 1.165) is 22.0 Å². The summed E-state index contributed by atoms with van der Waals surface area (Å²) in [6, 6.07) is 0. The predicted octanol–water partition coefficient (Wildman–Crippen LogP) is 3.15. The van der Waals surface area contributed by atoms with Gasteiger partial charge >= 0.3 is 16.5 Å². The molecule has 0 aliphatic heterocycles. The third-order valence-corrected chi connectivity index (χ3v) is 6.94. The van der Waals surface area contributed by atoms with Gasteiger partial charge in [-0.05, 0) is 49.9 Å². The average molecular weight is 501 g/mol. The summed E-state index contributed by atoms with van der Waals surface area (Å²) in [5.41, 5.74) is 4.22. The zero-order valence-electron chi connectivity index (χ0n) is 14.5. The van der Waals surface area contributed by atoms with Crippen molar-refractivity contribution in [2.24, 2.45) is 0 Å². The molecular formula is C14H25NNiO2PSVY+. The number of hydrogen-bond acceptors (Lipinski definition) is 2. The van der Waals surface area contributed by atoms with Gasteiger partial charge < -0.3 is 12.1 Å². The molecule has 2 radical (unpaired) electrons. The largest absolute Gasteiger partial charge is 2.00 e. The third-order valence-electron chi connectivity index (χ3n) is 3.63. The minimum Gasteiger partial charge on any atom is -0.547 e. The van der Waals surface area contributed by atoms with Crippen LogP contribution < -0.4 is 5.30 Å². The van der Waals surface area contributed by atoms with Gasteiger partial charge in [0.05, 0.1) is 18.2 Å². The number of hydrogen-bond donors (Lipinski definition) is 0. The van der Waals surface area contributed by atoms with E-state index in [1.165, 1.54) is 12.6 Å². The molecule has 0 saturated carbocycles. The second-order valence-corrected chi connectivity index (χ2v) is 9.09. The Kier molecular flexibility index (Phi) is 17.4. The van der Waals surface area contributed by atoms with E-state index in [-0.39, 0.29) is 75.2 Å². The minimum atomic E-state index is -3.52. The maximum Gasteiger partial charge on any atom is 2.00 e. The van der Waals surface area contributed by atoms with Crippen LogP contribution in [0.3, 0.4) is 0 Å². The van der Waals surface area contributed by atoms with Crippen molar-refractivity contribution in [2.75, 3.05) is 20.4 Å². The molecule has 0 fully saturated rings. The van der Waals surface area contributed by atoms with Crippen molar-refractivity contribution in [3.05, 3.63) is 34.4 Å². The molecule has 0 aliphatic rings. The molecule has 1 aromatic carbocycles. The van der Waals surface area contributed by atoms with Crippen molar-refractivity contribution >= 4 is 23.2 Å². The molecule has 1 rings (SSSR count). The summed E-state index contributed by atoms with van der Waals surface area (Å²) in [5, 5.41) is 1.01. The molecule has 0 aromatic heterocycles. The summed E-state index contributed by atoms with van der Waals surface area (Å²) in [4.78, 5) is 0.449. The SMILES string of the molecule is C[N-]S(=O)(=O)c1c(C)c(C)c(C)c(C)c1[PH+](C)C.[CH3-].[Ni+2].[V].[Y]. The van der Waals surface area contributed by atoms with E-state index in [0.29, 0.717) is 4.90 Å². The van der Waals surface area contributed by atoms with Gasteiger partial charge in [-0.25, -0.2) is 8.42 Å². The Bertz CT molecular complexity index is 595. The van der Waals surface area contributed by atoms with Crippen LogP contribution in [0.1, 0.15) is 22.3 Å². The Morgan fingerprint density at radius 1 is 0.909 bits per heavy atom. The van der Waals surface area contributed by atoms with E-state index in [4.69, 9.17) is 0 Å².